The first-order valence-corrected chi connectivity index (χ1v) is 21.8. The minimum atomic E-state index is -0.602. The van der Waals surface area contributed by atoms with Gasteiger partial charge in [0.15, 0.2) is 6.29 Å². The molecule has 0 aromatic carbocycles. The first kappa shape index (κ1) is 48.1. The normalized spacial score (nSPS) is 17.5. The molecule has 52 heavy (non-hydrogen) atoms. The number of rotatable bonds is 33. The highest BCUT2D eigenvalue weighted by Crippen LogP contribution is 2.26. The molecule has 0 aliphatic carbocycles. The number of hydrogen-bond acceptors (Lipinski definition) is 5. The fourth-order valence-corrected chi connectivity index (χ4v) is 6.48. The maximum absolute atomic E-state index is 13.1. The van der Waals surface area contributed by atoms with Gasteiger partial charge < -0.3 is 19.3 Å². The van der Waals surface area contributed by atoms with Crippen molar-refractivity contribution in [2.45, 2.75) is 219 Å². The smallest absolute Gasteiger partial charge is 0.410 e. The van der Waals surface area contributed by atoms with Gasteiger partial charge in [-0.05, 0) is 97.8 Å². The Hall–Kier alpha value is -1.89. The van der Waals surface area contributed by atoms with Crippen LogP contribution in [0.25, 0.3) is 0 Å². The average molecular weight is 730 g/mol. The van der Waals surface area contributed by atoms with Crippen LogP contribution in [0.4, 0.5) is 4.79 Å². The number of carbonyl (C=O) groups excluding carboxylic acids is 1. The van der Waals surface area contributed by atoms with Gasteiger partial charge in [-0.2, -0.15) is 0 Å². The number of aliphatic hydroxyl groups is 1. The van der Waals surface area contributed by atoms with Gasteiger partial charge in [-0.1, -0.05) is 140 Å². The molecule has 1 rings (SSSR count). The number of ether oxygens (including phenoxy) is 3. The SMILES string of the molecule is CCCCCC=CCC=CCCCCCCCCOC(OCCCCCCCCC=CCC=CCCCCC)[C@@H]1C[C@@H](O)CN1C(=O)OC(C)(C)C. The van der Waals surface area contributed by atoms with Crippen molar-refractivity contribution in [2.24, 2.45) is 0 Å². The van der Waals surface area contributed by atoms with Crippen molar-refractivity contribution in [3.8, 4) is 0 Å². The zero-order chi connectivity index (χ0) is 38.0. The lowest BCUT2D eigenvalue weighted by Crippen LogP contribution is -2.47. The van der Waals surface area contributed by atoms with E-state index in [1.165, 1.54) is 116 Å². The Morgan fingerprint density at radius 2 is 1.00 bits per heavy atom. The molecule has 0 bridgehead atoms. The Kier molecular flexibility index (Phi) is 31.2. The second-order valence-electron chi connectivity index (χ2n) is 15.9. The van der Waals surface area contributed by atoms with Crippen LogP contribution in [0.1, 0.15) is 195 Å². The fourth-order valence-electron chi connectivity index (χ4n) is 6.48. The molecule has 1 fully saturated rings. The van der Waals surface area contributed by atoms with Gasteiger partial charge in [0.05, 0.1) is 18.7 Å². The van der Waals surface area contributed by atoms with E-state index >= 15 is 0 Å². The van der Waals surface area contributed by atoms with Crippen molar-refractivity contribution < 1.29 is 24.1 Å². The molecule has 302 valence electrons. The van der Waals surface area contributed by atoms with E-state index in [-0.39, 0.29) is 12.6 Å². The summed E-state index contributed by atoms with van der Waals surface area (Å²) in [5.41, 5.74) is -0.602. The minimum absolute atomic E-state index is 0.249. The Morgan fingerprint density at radius 1 is 0.615 bits per heavy atom. The van der Waals surface area contributed by atoms with Gasteiger partial charge in [-0.15, -0.1) is 0 Å². The second-order valence-corrected chi connectivity index (χ2v) is 15.9. The zero-order valence-corrected chi connectivity index (χ0v) is 34.7. The lowest BCUT2D eigenvalue weighted by molar-refractivity contribution is -0.173. The number of amides is 1. The predicted octanol–water partition coefficient (Wildman–Crippen LogP) is 13.3. The monoisotopic (exact) mass is 730 g/mol. The summed E-state index contributed by atoms with van der Waals surface area (Å²) in [4.78, 5) is 14.7. The third-order valence-corrected chi connectivity index (χ3v) is 9.52. The first-order valence-electron chi connectivity index (χ1n) is 21.8. The van der Waals surface area contributed by atoms with Crippen molar-refractivity contribution in [1.29, 1.82) is 0 Å². The Balaban J connectivity index is 2.33. The van der Waals surface area contributed by atoms with E-state index in [9.17, 15) is 9.90 Å². The van der Waals surface area contributed by atoms with Crippen molar-refractivity contribution in [2.75, 3.05) is 19.8 Å². The van der Waals surface area contributed by atoms with Crippen LogP contribution >= 0.6 is 0 Å². The molecule has 0 spiro atoms. The third-order valence-electron chi connectivity index (χ3n) is 9.52. The third kappa shape index (κ3) is 28.6. The van der Waals surface area contributed by atoms with Crippen LogP contribution in [0.5, 0.6) is 0 Å². The predicted molar refractivity (Wildman–Crippen MR) is 222 cm³/mol. The van der Waals surface area contributed by atoms with E-state index in [0.29, 0.717) is 19.6 Å². The molecule has 0 unspecified atom stereocenters. The maximum Gasteiger partial charge on any atom is 0.410 e. The summed E-state index contributed by atoms with van der Waals surface area (Å²) < 4.78 is 18.3. The van der Waals surface area contributed by atoms with Gasteiger partial charge in [0.1, 0.15) is 5.60 Å². The van der Waals surface area contributed by atoms with Crippen LogP contribution < -0.4 is 0 Å². The topological polar surface area (TPSA) is 68.2 Å². The number of carbonyl (C=O) groups is 1. The number of aliphatic hydroxyl groups excluding tert-OH is 1. The van der Waals surface area contributed by atoms with Crippen LogP contribution in [0.15, 0.2) is 48.6 Å². The zero-order valence-electron chi connectivity index (χ0n) is 34.7. The van der Waals surface area contributed by atoms with Crippen LogP contribution in [-0.2, 0) is 14.2 Å². The van der Waals surface area contributed by atoms with Gasteiger partial charge in [-0.3, -0.25) is 4.90 Å². The molecule has 2 atom stereocenters. The Bertz CT molecular complexity index is 886. The highest BCUT2D eigenvalue weighted by Gasteiger charge is 2.42. The van der Waals surface area contributed by atoms with Crippen molar-refractivity contribution in [1.82, 2.24) is 4.90 Å². The number of allylic oxidation sites excluding steroid dienone is 8. The summed E-state index contributed by atoms with van der Waals surface area (Å²) in [7, 11) is 0. The van der Waals surface area contributed by atoms with Gasteiger partial charge in [-0.25, -0.2) is 4.79 Å². The number of nitrogens with zero attached hydrogens (tertiary/aromatic N) is 1. The molecule has 1 heterocycles. The largest absolute Gasteiger partial charge is 0.444 e. The molecule has 1 saturated heterocycles. The summed E-state index contributed by atoms with van der Waals surface area (Å²) in [6.45, 7) is 11.5. The molecule has 6 heteroatoms. The first-order chi connectivity index (χ1) is 25.3. The van der Waals surface area contributed by atoms with E-state index < -0.39 is 24.1 Å². The lowest BCUT2D eigenvalue weighted by Gasteiger charge is -2.32. The summed E-state index contributed by atoms with van der Waals surface area (Å²) in [5, 5.41) is 10.5. The average Bonchev–Trinajstić information content (AvgIpc) is 3.50. The maximum atomic E-state index is 13.1. The minimum Gasteiger partial charge on any atom is -0.444 e. The van der Waals surface area contributed by atoms with Gasteiger partial charge >= 0.3 is 6.09 Å². The van der Waals surface area contributed by atoms with E-state index in [1.807, 2.05) is 20.8 Å². The molecule has 0 radical (unpaired) electrons. The molecule has 6 nitrogen and oxygen atoms in total. The van der Waals surface area contributed by atoms with Gasteiger partial charge in [0.2, 0.25) is 0 Å². The van der Waals surface area contributed by atoms with Gasteiger partial charge in [0, 0.05) is 19.6 Å². The number of hydrogen-bond donors (Lipinski definition) is 1. The molecule has 1 aliphatic heterocycles. The van der Waals surface area contributed by atoms with Crippen molar-refractivity contribution in [3.63, 3.8) is 0 Å². The number of unbranched alkanes of at least 4 members (excludes halogenated alkanes) is 18. The van der Waals surface area contributed by atoms with Crippen molar-refractivity contribution >= 4 is 6.09 Å². The summed E-state index contributed by atoms with van der Waals surface area (Å²) in [5.74, 6) is 0. The Morgan fingerprint density at radius 3 is 1.40 bits per heavy atom. The van der Waals surface area contributed by atoms with Crippen LogP contribution in [0.3, 0.4) is 0 Å². The summed E-state index contributed by atoms with van der Waals surface area (Å²) in [6, 6.07) is -0.348. The molecular weight excluding hydrogens is 647 g/mol. The lowest BCUT2D eigenvalue weighted by atomic mass is 10.1. The van der Waals surface area contributed by atoms with Crippen LogP contribution in [0, 0.1) is 0 Å². The van der Waals surface area contributed by atoms with Crippen molar-refractivity contribution in [3.05, 3.63) is 48.6 Å². The molecule has 1 aliphatic rings. The van der Waals surface area contributed by atoms with Gasteiger partial charge in [0.25, 0.3) is 0 Å². The summed E-state index contributed by atoms with van der Waals surface area (Å²) >= 11 is 0. The van der Waals surface area contributed by atoms with E-state index in [0.717, 1.165) is 38.5 Å². The van der Waals surface area contributed by atoms with Crippen LogP contribution in [-0.4, -0.2) is 59.9 Å². The molecule has 1 N–H and O–H groups in total. The summed E-state index contributed by atoms with van der Waals surface area (Å²) in [6.07, 6.45) is 46.3. The van der Waals surface area contributed by atoms with E-state index in [4.69, 9.17) is 14.2 Å². The molecular formula is C46H83NO5. The molecule has 0 saturated carbocycles. The molecule has 0 aromatic heterocycles. The van der Waals surface area contributed by atoms with E-state index in [1.54, 1.807) is 4.90 Å². The standard InChI is InChI=1S/C46H83NO5/c1-6-8-10-12-14-16-18-20-22-24-26-28-30-32-34-36-38-50-44(43-40-42(48)41-47(43)45(49)52-46(3,4)5)51-39-37-35-33-31-29-27-25-23-21-19-17-15-13-11-9-7-2/h14-17,20-23,42-44,48H,6-13,18-19,24-41H2,1-5H3/t42-,43+,44?/m1/s1. The molecule has 1 amide bonds. The quantitative estimate of drug-likeness (QED) is 0.0414. The fraction of sp³-hybridized carbons (Fsp3) is 0.804. The molecule has 0 aromatic rings. The highest BCUT2D eigenvalue weighted by atomic mass is 16.7. The van der Waals surface area contributed by atoms with E-state index in [2.05, 4.69) is 62.5 Å². The van der Waals surface area contributed by atoms with Crippen LogP contribution in [0.2, 0.25) is 0 Å². The Labute approximate surface area is 321 Å². The number of β-amino-alcohol motifs (C(OH)–C–C–N with tert-alkyl or cyclic N) is 1. The highest BCUT2D eigenvalue weighted by molar-refractivity contribution is 5.69. The number of likely N-dealkylation sites (tertiary alicyclic amines) is 1. The second kappa shape index (κ2) is 33.7.